The van der Waals surface area contributed by atoms with Gasteiger partial charge in [-0.3, -0.25) is 14.8 Å². The van der Waals surface area contributed by atoms with Crippen LogP contribution in [-0.2, 0) is 16.3 Å². The third-order valence-electron chi connectivity index (χ3n) is 4.39. The second-order valence-electron chi connectivity index (χ2n) is 6.18. The third kappa shape index (κ3) is 3.25. The molecule has 1 N–H and O–H groups in total. The molecule has 3 aromatic rings. The molecule has 0 saturated carbocycles. The van der Waals surface area contributed by atoms with Crippen molar-refractivity contribution in [3.63, 3.8) is 0 Å². The van der Waals surface area contributed by atoms with Gasteiger partial charge in [0.15, 0.2) is 0 Å². The Morgan fingerprint density at radius 1 is 1.04 bits per heavy atom. The number of halogens is 2. The van der Waals surface area contributed by atoms with Crippen molar-refractivity contribution in [1.82, 2.24) is 15.3 Å². The SMILES string of the molecule is O=C1NCCc2c1ccnc2-c1cc(S(=O)(=O)c2cc(F)cc(Cl)c2)ccn1. The van der Waals surface area contributed by atoms with Crippen LogP contribution in [0.1, 0.15) is 15.9 Å². The van der Waals surface area contributed by atoms with Crippen LogP contribution in [0.15, 0.2) is 58.6 Å². The molecule has 6 nitrogen and oxygen atoms in total. The fourth-order valence-corrected chi connectivity index (χ4v) is 4.72. The van der Waals surface area contributed by atoms with E-state index in [0.29, 0.717) is 35.5 Å². The summed E-state index contributed by atoms with van der Waals surface area (Å²) in [4.78, 5) is 20.2. The molecular weight excluding hydrogens is 405 g/mol. The maximum atomic E-state index is 13.6. The summed E-state index contributed by atoms with van der Waals surface area (Å²) >= 11 is 5.80. The first-order valence-corrected chi connectivity index (χ1v) is 10.2. The van der Waals surface area contributed by atoms with E-state index >= 15 is 0 Å². The second kappa shape index (κ2) is 6.96. The van der Waals surface area contributed by atoms with Crippen molar-refractivity contribution in [3.8, 4) is 11.4 Å². The monoisotopic (exact) mass is 417 g/mol. The van der Waals surface area contributed by atoms with Crippen LogP contribution in [0.25, 0.3) is 11.4 Å². The number of amides is 1. The van der Waals surface area contributed by atoms with Gasteiger partial charge in [0.2, 0.25) is 9.84 Å². The maximum absolute atomic E-state index is 13.6. The standard InChI is InChI=1S/C19H13ClFN3O3S/c20-11-7-12(21)9-14(8-11)28(26,27)13-1-4-22-17(10-13)18-15-2-6-24-19(25)16(15)3-5-23-18/h1,3-5,7-10H,2,6H2,(H,24,25). The van der Waals surface area contributed by atoms with Crippen LogP contribution >= 0.6 is 11.6 Å². The number of carbonyl (C=O) groups excluding carboxylic acids is 1. The van der Waals surface area contributed by atoms with Crippen LogP contribution in [0, 0.1) is 5.82 Å². The number of benzene rings is 1. The van der Waals surface area contributed by atoms with E-state index in [4.69, 9.17) is 11.6 Å². The molecule has 0 bridgehead atoms. The van der Waals surface area contributed by atoms with Crippen molar-refractivity contribution < 1.29 is 17.6 Å². The Morgan fingerprint density at radius 3 is 2.61 bits per heavy atom. The lowest BCUT2D eigenvalue weighted by atomic mass is 9.97. The van der Waals surface area contributed by atoms with Gasteiger partial charge >= 0.3 is 0 Å². The molecule has 0 radical (unpaired) electrons. The molecule has 2 aromatic heterocycles. The molecule has 1 amide bonds. The lowest BCUT2D eigenvalue weighted by Gasteiger charge is -2.18. The van der Waals surface area contributed by atoms with Gasteiger partial charge in [0, 0.05) is 29.5 Å². The third-order valence-corrected chi connectivity index (χ3v) is 6.34. The van der Waals surface area contributed by atoms with E-state index in [0.717, 1.165) is 12.1 Å². The first-order valence-electron chi connectivity index (χ1n) is 8.30. The number of fused-ring (bicyclic) bond motifs is 1. The normalized spacial score (nSPS) is 13.7. The molecule has 3 heterocycles. The molecule has 4 rings (SSSR count). The average molecular weight is 418 g/mol. The van der Waals surface area contributed by atoms with Gasteiger partial charge in [0.25, 0.3) is 5.91 Å². The highest BCUT2D eigenvalue weighted by molar-refractivity contribution is 7.91. The number of rotatable bonds is 3. The van der Waals surface area contributed by atoms with E-state index in [1.165, 1.54) is 30.6 Å². The van der Waals surface area contributed by atoms with E-state index < -0.39 is 15.7 Å². The summed E-state index contributed by atoms with van der Waals surface area (Å²) in [5, 5.41) is 2.74. The minimum atomic E-state index is -4.02. The summed E-state index contributed by atoms with van der Waals surface area (Å²) in [6.07, 6.45) is 3.38. The molecule has 9 heteroatoms. The highest BCUT2D eigenvalue weighted by atomic mass is 35.5. The Kier molecular flexibility index (Phi) is 4.60. The van der Waals surface area contributed by atoms with Crippen molar-refractivity contribution in [1.29, 1.82) is 0 Å². The fraction of sp³-hybridized carbons (Fsp3) is 0.105. The minimum Gasteiger partial charge on any atom is -0.352 e. The molecule has 1 aromatic carbocycles. The number of nitrogens with one attached hydrogen (secondary N) is 1. The van der Waals surface area contributed by atoms with Crippen LogP contribution in [0.2, 0.25) is 5.02 Å². The smallest absolute Gasteiger partial charge is 0.251 e. The largest absolute Gasteiger partial charge is 0.352 e. The van der Waals surface area contributed by atoms with Crippen molar-refractivity contribution in [2.45, 2.75) is 16.2 Å². The summed E-state index contributed by atoms with van der Waals surface area (Å²) in [6, 6.07) is 7.43. The van der Waals surface area contributed by atoms with Crippen molar-refractivity contribution >= 4 is 27.3 Å². The van der Waals surface area contributed by atoms with Gasteiger partial charge in [-0.25, -0.2) is 12.8 Å². The molecule has 0 spiro atoms. The van der Waals surface area contributed by atoms with Gasteiger partial charge in [0.1, 0.15) is 5.82 Å². The van der Waals surface area contributed by atoms with Gasteiger partial charge in [-0.05, 0) is 48.4 Å². The number of sulfone groups is 1. The number of aromatic nitrogens is 2. The summed E-state index contributed by atoms with van der Waals surface area (Å²) in [6.45, 7) is 0.463. The molecule has 0 fully saturated rings. The van der Waals surface area contributed by atoms with Crippen molar-refractivity contribution in [2.75, 3.05) is 6.54 Å². The predicted octanol–water partition coefficient (Wildman–Crippen LogP) is 3.05. The fourth-order valence-electron chi connectivity index (χ4n) is 3.10. The molecule has 1 aliphatic rings. The lowest BCUT2D eigenvalue weighted by Crippen LogP contribution is -2.32. The number of nitrogens with zero attached hydrogens (tertiary/aromatic N) is 2. The van der Waals surface area contributed by atoms with Gasteiger partial charge < -0.3 is 5.32 Å². The highest BCUT2D eigenvalue weighted by Gasteiger charge is 2.24. The Bertz CT molecular complexity index is 1190. The number of hydrogen-bond acceptors (Lipinski definition) is 5. The van der Waals surface area contributed by atoms with E-state index in [9.17, 15) is 17.6 Å². The Balaban J connectivity index is 1.84. The van der Waals surface area contributed by atoms with Crippen LogP contribution in [-0.4, -0.2) is 30.8 Å². The van der Waals surface area contributed by atoms with E-state index in [1.807, 2.05) is 0 Å². The van der Waals surface area contributed by atoms with Crippen molar-refractivity contribution in [3.05, 3.63) is 70.8 Å². The zero-order valence-corrected chi connectivity index (χ0v) is 15.9. The first-order chi connectivity index (χ1) is 13.4. The minimum absolute atomic E-state index is 0.0161. The van der Waals surface area contributed by atoms with Gasteiger partial charge in [0.05, 0.1) is 21.2 Å². The molecular formula is C19H13ClFN3O3S. The number of hydrogen-bond donors (Lipinski definition) is 1. The average Bonchev–Trinajstić information content (AvgIpc) is 2.67. The lowest BCUT2D eigenvalue weighted by molar-refractivity contribution is 0.0946. The predicted molar refractivity (Wildman–Crippen MR) is 100 cm³/mol. The zero-order chi connectivity index (χ0) is 19.9. The molecule has 0 atom stereocenters. The summed E-state index contributed by atoms with van der Waals surface area (Å²) in [5.74, 6) is -0.951. The Hall–Kier alpha value is -2.84. The maximum Gasteiger partial charge on any atom is 0.251 e. The van der Waals surface area contributed by atoms with Gasteiger partial charge in [-0.2, -0.15) is 0 Å². The van der Waals surface area contributed by atoms with E-state index in [1.54, 1.807) is 6.07 Å². The highest BCUT2D eigenvalue weighted by Crippen LogP contribution is 2.29. The van der Waals surface area contributed by atoms with Gasteiger partial charge in [-0.1, -0.05) is 11.6 Å². The van der Waals surface area contributed by atoms with E-state index in [2.05, 4.69) is 15.3 Å². The Morgan fingerprint density at radius 2 is 1.82 bits per heavy atom. The topological polar surface area (TPSA) is 89.0 Å². The summed E-state index contributed by atoms with van der Waals surface area (Å²) < 4.78 is 39.5. The molecule has 0 saturated heterocycles. The van der Waals surface area contributed by atoms with E-state index in [-0.39, 0.29) is 20.7 Å². The molecule has 28 heavy (non-hydrogen) atoms. The van der Waals surface area contributed by atoms with Gasteiger partial charge in [-0.15, -0.1) is 0 Å². The first kappa shape index (κ1) is 18.5. The molecule has 0 aliphatic carbocycles. The van der Waals surface area contributed by atoms with Crippen LogP contribution in [0.4, 0.5) is 4.39 Å². The molecule has 142 valence electrons. The van der Waals surface area contributed by atoms with Crippen molar-refractivity contribution in [2.24, 2.45) is 0 Å². The summed E-state index contributed by atoms with van der Waals surface area (Å²) in [7, 11) is -4.02. The molecule has 0 unspecified atom stereocenters. The summed E-state index contributed by atoms with van der Waals surface area (Å²) in [5.41, 5.74) is 1.96. The molecule has 1 aliphatic heterocycles. The number of carbonyl (C=O) groups is 1. The zero-order valence-electron chi connectivity index (χ0n) is 14.3. The number of pyridine rings is 2. The van der Waals surface area contributed by atoms with Crippen LogP contribution < -0.4 is 5.32 Å². The van der Waals surface area contributed by atoms with Crippen LogP contribution in [0.3, 0.4) is 0 Å². The quantitative estimate of drug-likeness (QED) is 0.707. The van der Waals surface area contributed by atoms with Crippen LogP contribution in [0.5, 0.6) is 0 Å². The Labute approximate surface area is 165 Å². The second-order valence-corrected chi connectivity index (χ2v) is 8.56.